The number of nitrogens with zero attached hydrogens (tertiary/aromatic N) is 2. The molecule has 5 rings (SSSR count). The van der Waals surface area contributed by atoms with Crippen LogP contribution in [0.1, 0.15) is 48.3 Å². The van der Waals surface area contributed by atoms with Crippen molar-refractivity contribution in [1.29, 1.82) is 0 Å². The Labute approximate surface area is 177 Å². The molecule has 0 radical (unpaired) electrons. The average molecular weight is 423 g/mol. The number of fused-ring (bicyclic) bond motifs is 5. The van der Waals surface area contributed by atoms with Crippen molar-refractivity contribution < 1.29 is 14.6 Å². The summed E-state index contributed by atoms with van der Waals surface area (Å²) in [6.07, 6.45) is 4.95. The van der Waals surface area contributed by atoms with Gasteiger partial charge < -0.3 is 14.4 Å². The number of aromatic carboxylic acids is 1. The summed E-state index contributed by atoms with van der Waals surface area (Å²) in [5.74, 6) is -0.277. The van der Waals surface area contributed by atoms with E-state index in [2.05, 4.69) is 31.2 Å². The zero-order chi connectivity index (χ0) is 21.2. The molecule has 30 heavy (non-hydrogen) atoms. The second-order valence-electron chi connectivity index (χ2n) is 9.00. The zero-order valence-electron chi connectivity index (χ0n) is 17.1. The van der Waals surface area contributed by atoms with Gasteiger partial charge in [-0.05, 0) is 35.0 Å². The fourth-order valence-corrected chi connectivity index (χ4v) is 5.19. The van der Waals surface area contributed by atoms with E-state index >= 15 is 0 Å². The van der Waals surface area contributed by atoms with E-state index in [0.29, 0.717) is 6.61 Å². The molecule has 0 bridgehead atoms. The first-order chi connectivity index (χ1) is 14.3. The molecule has 4 heterocycles. The van der Waals surface area contributed by atoms with Crippen LogP contribution in [0.3, 0.4) is 0 Å². The number of hydrogen-bond acceptors (Lipinski definition) is 5. The molecule has 1 unspecified atom stereocenters. The normalized spacial score (nSPS) is 17.1. The Morgan fingerprint density at radius 1 is 1.27 bits per heavy atom. The van der Waals surface area contributed by atoms with Crippen molar-refractivity contribution >= 4 is 17.5 Å². The van der Waals surface area contributed by atoms with E-state index in [1.165, 1.54) is 34.9 Å². The smallest absolute Gasteiger partial charge is 0.341 e. The van der Waals surface area contributed by atoms with Gasteiger partial charge in [-0.15, -0.1) is 0 Å². The van der Waals surface area contributed by atoms with Gasteiger partial charge >= 0.3 is 5.97 Å². The van der Waals surface area contributed by atoms with Gasteiger partial charge in [0.2, 0.25) is 0 Å². The highest BCUT2D eigenvalue weighted by Crippen LogP contribution is 2.49. The van der Waals surface area contributed by atoms with E-state index in [0.717, 1.165) is 41.0 Å². The Morgan fingerprint density at radius 2 is 2.07 bits per heavy atom. The lowest BCUT2D eigenvalue weighted by atomic mass is 9.76. The molecule has 1 atom stereocenters. The van der Waals surface area contributed by atoms with Crippen molar-refractivity contribution in [2.75, 3.05) is 6.61 Å². The van der Waals surface area contributed by atoms with Gasteiger partial charge in [-0.1, -0.05) is 20.8 Å². The van der Waals surface area contributed by atoms with Crippen molar-refractivity contribution in [3.8, 4) is 28.1 Å². The van der Waals surface area contributed by atoms with Gasteiger partial charge in [0.1, 0.15) is 11.3 Å². The summed E-state index contributed by atoms with van der Waals surface area (Å²) >= 11 is 1.39. The zero-order valence-corrected chi connectivity index (χ0v) is 17.9. The van der Waals surface area contributed by atoms with Crippen LogP contribution in [-0.4, -0.2) is 26.6 Å². The number of ether oxygens (including phenoxy) is 1. The van der Waals surface area contributed by atoms with Crippen LogP contribution in [0.2, 0.25) is 0 Å². The third kappa shape index (κ3) is 2.80. The number of aromatic nitrogens is 2. The molecule has 0 aliphatic carbocycles. The van der Waals surface area contributed by atoms with Gasteiger partial charge in [0.15, 0.2) is 5.43 Å². The van der Waals surface area contributed by atoms with E-state index in [9.17, 15) is 14.7 Å². The standard InChI is InChI=1S/C23H22N2O4S/c1-23(2,3)20-7-15-13-4-5-29-21(13)14(12-9-24-30-11-12)6-16(15)18-8-19(26)17(22(27)28)10-25(18)20/h6,8-11,20H,4-5,7H2,1-3H3,(H,27,28). The Hall–Kier alpha value is -2.93. The van der Waals surface area contributed by atoms with E-state index in [-0.39, 0.29) is 17.0 Å². The van der Waals surface area contributed by atoms with E-state index in [1.807, 2.05) is 16.1 Å². The van der Waals surface area contributed by atoms with Crippen molar-refractivity contribution in [3.05, 3.63) is 56.8 Å². The first-order valence-corrected chi connectivity index (χ1v) is 10.8. The highest BCUT2D eigenvalue weighted by atomic mass is 32.1. The van der Waals surface area contributed by atoms with Gasteiger partial charge in [0.05, 0.1) is 12.3 Å². The molecule has 2 aliphatic heterocycles. The molecular formula is C23H22N2O4S. The predicted octanol–water partition coefficient (Wildman–Crippen LogP) is 4.42. The third-order valence-corrected chi connectivity index (χ3v) is 6.74. The molecule has 2 aliphatic rings. The summed E-state index contributed by atoms with van der Waals surface area (Å²) in [6, 6.07) is 3.59. The van der Waals surface area contributed by atoms with Crippen LogP contribution in [0, 0.1) is 5.41 Å². The summed E-state index contributed by atoms with van der Waals surface area (Å²) in [4.78, 5) is 24.3. The SMILES string of the molecule is CC(C)(C)C1Cc2c(cc(-c3cnsc3)c3c2CCO3)-c2cc(=O)c(C(=O)O)cn21. The molecule has 0 saturated heterocycles. The molecule has 7 heteroatoms. The maximum atomic E-state index is 12.6. The maximum Gasteiger partial charge on any atom is 0.341 e. The van der Waals surface area contributed by atoms with Gasteiger partial charge in [-0.3, -0.25) is 4.79 Å². The summed E-state index contributed by atoms with van der Waals surface area (Å²) in [7, 11) is 0. The quantitative estimate of drug-likeness (QED) is 0.661. The van der Waals surface area contributed by atoms with Crippen molar-refractivity contribution in [3.63, 3.8) is 0 Å². The van der Waals surface area contributed by atoms with Crippen LogP contribution in [-0.2, 0) is 12.8 Å². The lowest BCUT2D eigenvalue weighted by Gasteiger charge is -2.39. The first kappa shape index (κ1) is 19.1. The largest absolute Gasteiger partial charge is 0.492 e. The molecular weight excluding hydrogens is 400 g/mol. The molecule has 0 amide bonds. The number of rotatable bonds is 2. The van der Waals surface area contributed by atoms with Crippen LogP contribution in [0.5, 0.6) is 5.75 Å². The highest BCUT2D eigenvalue weighted by molar-refractivity contribution is 7.03. The number of carbonyl (C=O) groups is 1. The van der Waals surface area contributed by atoms with E-state index in [4.69, 9.17) is 4.74 Å². The third-order valence-electron chi connectivity index (χ3n) is 6.16. The van der Waals surface area contributed by atoms with Crippen molar-refractivity contribution in [2.24, 2.45) is 5.41 Å². The van der Waals surface area contributed by atoms with Crippen LogP contribution >= 0.6 is 11.5 Å². The number of benzene rings is 1. The monoisotopic (exact) mass is 422 g/mol. The molecule has 0 saturated carbocycles. The van der Waals surface area contributed by atoms with Gasteiger partial charge in [0, 0.05) is 58.6 Å². The molecule has 1 N–H and O–H groups in total. The van der Waals surface area contributed by atoms with Crippen LogP contribution in [0.15, 0.2) is 34.7 Å². The Morgan fingerprint density at radius 3 is 2.73 bits per heavy atom. The highest BCUT2D eigenvalue weighted by Gasteiger charge is 2.37. The van der Waals surface area contributed by atoms with Crippen molar-refractivity contribution in [2.45, 2.75) is 39.7 Å². The average Bonchev–Trinajstić information content (AvgIpc) is 3.37. The minimum absolute atomic E-state index is 0.0251. The van der Waals surface area contributed by atoms with E-state index in [1.54, 1.807) is 0 Å². The van der Waals surface area contributed by atoms with Gasteiger partial charge in [0.25, 0.3) is 0 Å². The number of hydrogen-bond donors (Lipinski definition) is 1. The van der Waals surface area contributed by atoms with E-state index < -0.39 is 11.4 Å². The fraction of sp³-hybridized carbons (Fsp3) is 0.348. The van der Waals surface area contributed by atoms with Crippen LogP contribution in [0.25, 0.3) is 22.4 Å². The lowest BCUT2D eigenvalue weighted by molar-refractivity contribution is 0.0693. The van der Waals surface area contributed by atoms with Crippen LogP contribution in [0.4, 0.5) is 0 Å². The number of pyridine rings is 1. The van der Waals surface area contributed by atoms with Gasteiger partial charge in [-0.25, -0.2) is 9.17 Å². The fourth-order valence-electron chi connectivity index (χ4n) is 4.66. The minimum atomic E-state index is -1.19. The summed E-state index contributed by atoms with van der Waals surface area (Å²) in [5.41, 5.74) is 5.34. The second-order valence-corrected chi connectivity index (χ2v) is 9.66. The first-order valence-electron chi connectivity index (χ1n) is 9.97. The Balaban J connectivity index is 1.84. The predicted molar refractivity (Wildman–Crippen MR) is 116 cm³/mol. The Bertz CT molecular complexity index is 1240. The molecule has 154 valence electrons. The van der Waals surface area contributed by atoms with Crippen LogP contribution < -0.4 is 10.2 Å². The minimum Gasteiger partial charge on any atom is -0.492 e. The molecule has 2 aromatic heterocycles. The summed E-state index contributed by atoms with van der Waals surface area (Å²) in [6.45, 7) is 7.08. The Kier molecular flexibility index (Phi) is 4.15. The molecule has 6 nitrogen and oxygen atoms in total. The maximum absolute atomic E-state index is 12.6. The summed E-state index contributed by atoms with van der Waals surface area (Å²) in [5, 5.41) is 11.5. The summed E-state index contributed by atoms with van der Waals surface area (Å²) < 4.78 is 12.3. The molecule has 0 spiro atoms. The number of carboxylic acids is 1. The second kappa shape index (κ2) is 6.54. The lowest BCUT2D eigenvalue weighted by Crippen LogP contribution is -2.33. The topological polar surface area (TPSA) is 81.4 Å². The molecule has 1 aromatic carbocycles. The molecule has 0 fully saturated rings. The van der Waals surface area contributed by atoms with Gasteiger partial charge in [-0.2, -0.15) is 0 Å². The van der Waals surface area contributed by atoms with Crippen molar-refractivity contribution in [1.82, 2.24) is 8.94 Å². The molecule has 3 aromatic rings. The number of carboxylic acid groups (broad SMARTS) is 1.